The Labute approximate surface area is 65.6 Å². The van der Waals surface area contributed by atoms with E-state index in [0.29, 0.717) is 0 Å². The van der Waals surface area contributed by atoms with Crippen molar-refractivity contribution in [3.63, 3.8) is 0 Å². The van der Waals surface area contributed by atoms with Gasteiger partial charge in [0.2, 0.25) is 0 Å². The van der Waals surface area contributed by atoms with Gasteiger partial charge in [-0.25, -0.2) is 5.11 Å². The van der Waals surface area contributed by atoms with Crippen molar-refractivity contribution in [3.05, 3.63) is 0 Å². The van der Waals surface area contributed by atoms with Gasteiger partial charge in [0.15, 0.2) is 0 Å². The molecule has 0 aromatic heterocycles. The molecule has 0 heterocycles. The van der Waals surface area contributed by atoms with E-state index in [1.54, 1.807) is 0 Å². The van der Waals surface area contributed by atoms with Crippen LogP contribution in [0.1, 0.15) is 39.0 Å². The zero-order valence-electron chi connectivity index (χ0n) is 5.90. The highest BCUT2D eigenvalue weighted by Crippen LogP contribution is 2.09. The van der Waals surface area contributed by atoms with E-state index in [0.717, 1.165) is 12.8 Å². The summed E-state index contributed by atoms with van der Waals surface area (Å²) in [4.78, 5) is 0. The van der Waals surface area contributed by atoms with Crippen molar-refractivity contribution in [1.82, 2.24) is 0 Å². The Morgan fingerprint density at radius 2 is 2.00 bits per heavy atom. The first-order valence-corrected chi connectivity index (χ1v) is 4.48. The number of unbranched alkanes of at least 4 members (excludes halogenated alkanes) is 3. The third-order valence-corrected chi connectivity index (χ3v) is 1.74. The molecule has 0 rings (SSSR count). The Kier molecular flexibility index (Phi) is 6.88. The van der Waals surface area contributed by atoms with E-state index in [9.17, 15) is 5.11 Å². The van der Waals surface area contributed by atoms with E-state index >= 15 is 0 Å². The smallest absolute Gasteiger partial charge is 0.147 e. The molecule has 1 radical (unpaired) electrons. The van der Waals surface area contributed by atoms with Crippen molar-refractivity contribution in [3.8, 4) is 0 Å². The van der Waals surface area contributed by atoms with Crippen LogP contribution in [0.4, 0.5) is 0 Å². The molecule has 9 heavy (non-hydrogen) atoms. The summed E-state index contributed by atoms with van der Waals surface area (Å²) < 4.78 is 0. The maximum atomic E-state index is 10.4. The molecule has 1 atom stereocenters. The minimum Gasteiger partial charge on any atom is -0.221 e. The van der Waals surface area contributed by atoms with Gasteiger partial charge in [0.1, 0.15) is 5.01 Å². The Morgan fingerprint density at radius 3 is 2.44 bits per heavy atom. The molecule has 0 aliphatic heterocycles. The molecule has 0 fully saturated rings. The Balaban J connectivity index is 2.75. The molecule has 0 bridgehead atoms. The summed E-state index contributed by atoms with van der Waals surface area (Å²) in [5.41, 5.74) is 0. The topological polar surface area (TPSA) is 19.9 Å². The average Bonchev–Trinajstić information content (AvgIpc) is 1.80. The van der Waals surface area contributed by atoms with Crippen molar-refractivity contribution in [2.45, 2.75) is 44.0 Å². The van der Waals surface area contributed by atoms with Gasteiger partial charge in [0.05, 0.1) is 0 Å². The van der Waals surface area contributed by atoms with Crippen LogP contribution < -0.4 is 0 Å². The fourth-order valence-corrected chi connectivity index (χ4v) is 1.06. The van der Waals surface area contributed by atoms with Crippen LogP contribution in [0.15, 0.2) is 0 Å². The highest BCUT2D eigenvalue weighted by Gasteiger charge is 1.97. The molecular weight excluding hydrogens is 180 g/mol. The largest absolute Gasteiger partial charge is 0.221 e. The van der Waals surface area contributed by atoms with Gasteiger partial charge in [-0.05, 0) is 12.8 Å². The zero-order valence-corrected chi connectivity index (χ0v) is 7.49. The second-order valence-electron chi connectivity index (χ2n) is 2.26. The minimum atomic E-state index is -0.533. The van der Waals surface area contributed by atoms with Crippen LogP contribution in [0.2, 0.25) is 0 Å². The lowest BCUT2D eigenvalue weighted by molar-refractivity contribution is 0.160. The third kappa shape index (κ3) is 8.44. The van der Waals surface area contributed by atoms with Crippen LogP contribution in [0.3, 0.4) is 0 Å². The molecule has 0 spiro atoms. The van der Waals surface area contributed by atoms with Crippen LogP contribution in [-0.2, 0) is 5.11 Å². The summed E-state index contributed by atoms with van der Waals surface area (Å²) in [7, 11) is 0. The number of rotatable bonds is 5. The Morgan fingerprint density at radius 1 is 1.33 bits per heavy atom. The fraction of sp³-hybridized carbons (Fsp3) is 1.00. The van der Waals surface area contributed by atoms with Crippen LogP contribution in [0, 0.1) is 0 Å². The molecule has 0 saturated heterocycles. The molecule has 0 aromatic carbocycles. The molecule has 2 heteroatoms. The van der Waals surface area contributed by atoms with Gasteiger partial charge in [-0.1, -0.05) is 42.1 Å². The summed E-state index contributed by atoms with van der Waals surface area (Å²) in [5, 5.41) is 9.87. The predicted molar refractivity (Wildman–Crippen MR) is 42.2 cm³/mol. The molecule has 0 aliphatic rings. The van der Waals surface area contributed by atoms with Crippen molar-refractivity contribution >= 4 is 15.9 Å². The highest BCUT2D eigenvalue weighted by molar-refractivity contribution is 9.09. The van der Waals surface area contributed by atoms with Crippen molar-refractivity contribution < 1.29 is 5.11 Å². The first kappa shape index (κ1) is 9.44. The lowest BCUT2D eigenvalue weighted by Crippen LogP contribution is -1.91. The van der Waals surface area contributed by atoms with E-state index in [1.165, 1.54) is 19.3 Å². The predicted octanol–water partition coefficient (Wildman–Crippen LogP) is 3.11. The van der Waals surface area contributed by atoms with Gasteiger partial charge < -0.3 is 0 Å². The third-order valence-electron chi connectivity index (χ3n) is 1.28. The number of alkyl halides is 1. The molecule has 1 nitrogen and oxygen atoms in total. The van der Waals surface area contributed by atoms with E-state index in [4.69, 9.17) is 0 Å². The molecule has 0 aromatic rings. The van der Waals surface area contributed by atoms with Crippen LogP contribution >= 0.6 is 15.9 Å². The van der Waals surface area contributed by atoms with Gasteiger partial charge in [-0.3, -0.25) is 0 Å². The maximum absolute atomic E-state index is 10.4. The molecule has 0 N–H and O–H groups in total. The van der Waals surface area contributed by atoms with E-state index in [-0.39, 0.29) is 0 Å². The van der Waals surface area contributed by atoms with Crippen molar-refractivity contribution in [1.29, 1.82) is 0 Å². The second-order valence-corrected chi connectivity index (χ2v) is 3.28. The molecule has 55 valence electrons. The van der Waals surface area contributed by atoms with Crippen LogP contribution in [0.5, 0.6) is 0 Å². The van der Waals surface area contributed by atoms with Gasteiger partial charge in [-0.2, -0.15) is 0 Å². The Hall–Kier alpha value is 0.440. The normalized spacial score (nSPS) is 13.7. The summed E-state index contributed by atoms with van der Waals surface area (Å²) in [6.45, 7) is 2.17. The van der Waals surface area contributed by atoms with Crippen molar-refractivity contribution in [2.24, 2.45) is 0 Å². The second kappa shape index (κ2) is 6.56. The van der Waals surface area contributed by atoms with E-state index in [1.807, 2.05) is 0 Å². The Bertz CT molecular complexity index is 54.9. The van der Waals surface area contributed by atoms with Gasteiger partial charge >= 0.3 is 0 Å². The summed E-state index contributed by atoms with van der Waals surface area (Å²) in [5.74, 6) is 0. The monoisotopic (exact) mass is 193 g/mol. The van der Waals surface area contributed by atoms with E-state index < -0.39 is 5.01 Å². The molecule has 1 unspecified atom stereocenters. The minimum absolute atomic E-state index is 0.533. The standard InChI is InChI=1S/C7H14BrO/c1-2-3-4-5-6-7(8)9/h7H,2-6H2,1H3. The fourth-order valence-electron chi connectivity index (χ4n) is 0.732. The molecular formula is C7H14BrO. The van der Waals surface area contributed by atoms with Crippen LogP contribution in [-0.4, -0.2) is 5.01 Å². The lowest BCUT2D eigenvalue weighted by Gasteiger charge is -1.97. The maximum Gasteiger partial charge on any atom is 0.147 e. The first-order chi connectivity index (χ1) is 4.27. The molecule has 0 aliphatic carbocycles. The number of halogens is 1. The van der Waals surface area contributed by atoms with Gasteiger partial charge in [0, 0.05) is 0 Å². The summed E-state index contributed by atoms with van der Waals surface area (Å²) in [6, 6.07) is 0. The highest BCUT2D eigenvalue weighted by atomic mass is 79.9. The SMILES string of the molecule is CCCCCCC([O])Br. The zero-order chi connectivity index (χ0) is 7.11. The van der Waals surface area contributed by atoms with Gasteiger partial charge in [-0.15, -0.1) is 0 Å². The summed E-state index contributed by atoms with van der Waals surface area (Å²) >= 11 is 2.97. The average molecular weight is 194 g/mol. The number of hydrogen-bond donors (Lipinski definition) is 0. The lowest BCUT2D eigenvalue weighted by atomic mass is 10.2. The molecule has 0 amide bonds. The van der Waals surface area contributed by atoms with Crippen LogP contribution in [0.25, 0.3) is 0 Å². The molecule has 0 saturated carbocycles. The van der Waals surface area contributed by atoms with E-state index in [2.05, 4.69) is 22.9 Å². The van der Waals surface area contributed by atoms with Crippen molar-refractivity contribution in [2.75, 3.05) is 0 Å². The summed E-state index contributed by atoms with van der Waals surface area (Å²) in [6.07, 6.45) is 5.57. The number of hydrogen-bond acceptors (Lipinski definition) is 0. The quantitative estimate of drug-likeness (QED) is 0.473. The van der Waals surface area contributed by atoms with Gasteiger partial charge in [0.25, 0.3) is 0 Å². The first-order valence-electron chi connectivity index (χ1n) is 3.57.